The van der Waals surface area contributed by atoms with Gasteiger partial charge in [0.1, 0.15) is 11.8 Å². The number of amides is 4. The van der Waals surface area contributed by atoms with Crippen LogP contribution in [0.15, 0.2) is 78.9 Å². The number of carbonyl (C=O) groups excluding carboxylic acids is 3. The van der Waals surface area contributed by atoms with Crippen LogP contribution in [-0.2, 0) is 31.5 Å². The molecule has 0 saturated carbocycles. The fourth-order valence-corrected chi connectivity index (χ4v) is 6.94. The fourth-order valence-electron chi connectivity index (χ4n) is 6.38. The number of rotatable bonds is 17. The Morgan fingerprint density at radius 2 is 1.46 bits per heavy atom. The normalized spacial score (nSPS) is 15.2. The van der Waals surface area contributed by atoms with E-state index in [2.05, 4.69) is 16.0 Å². The molecule has 4 atom stereocenters. The van der Waals surface area contributed by atoms with Gasteiger partial charge in [0.05, 0.1) is 20.0 Å². The maximum Gasteiger partial charge on any atom is 1.00 e. The topological polar surface area (TPSA) is 172 Å². The predicted octanol–water partition coefficient (Wildman–Crippen LogP) is -2.81. The molecule has 0 radical (unpaired) electrons. The maximum absolute atomic E-state index is 14.0. The van der Waals surface area contributed by atoms with Crippen LogP contribution in [-0.4, -0.2) is 66.7 Å². The first kappa shape index (κ1) is 45.9. The first-order valence-corrected chi connectivity index (χ1v) is 18.4. The number of ether oxygens (including phenoxy) is 1. The zero-order valence-corrected chi connectivity index (χ0v) is 35.9. The molecule has 12 nitrogen and oxygen atoms in total. The van der Waals surface area contributed by atoms with Crippen molar-refractivity contribution >= 4 is 25.7 Å². The van der Waals surface area contributed by atoms with Crippen molar-refractivity contribution in [2.24, 2.45) is 5.92 Å². The van der Waals surface area contributed by atoms with Crippen LogP contribution in [0.3, 0.4) is 0 Å². The number of nitrogens with one attached hydrogen (secondary N) is 3. The van der Waals surface area contributed by atoms with Crippen LogP contribution in [0.2, 0.25) is 0 Å². The van der Waals surface area contributed by atoms with Crippen molar-refractivity contribution in [3.05, 3.63) is 101 Å². The molecule has 1 aliphatic heterocycles. The van der Waals surface area contributed by atoms with Crippen molar-refractivity contribution in [3.63, 3.8) is 0 Å². The molecule has 52 heavy (non-hydrogen) atoms. The molecule has 3 aromatic rings. The number of urea groups is 1. The minimum absolute atomic E-state index is 0. The van der Waals surface area contributed by atoms with Crippen molar-refractivity contribution in [2.45, 2.75) is 77.6 Å². The van der Waals surface area contributed by atoms with Gasteiger partial charge in [-0.15, -0.1) is 0 Å². The monoisotopic (exact) mass is 752 g/mol. The van der Waals surface area contributed by atoms with E-state index in [4.69, 9.17) is 9.26 Å². The fraction of sp³-hybridized carbons (Fsp3) is 0.432. The summed E-state index contributed by atoms with van der Waals surface area (Å²) in [6.07, 6.45) is -0.462. The van der Waals surface area contributed by atoms with Gasteiger partial charge in [0.2, 0.25) is 5.91 Å². The van der Waals surface area contributed by atoms with E-state index in [0.717, 1.165) is 22.3 Å². The average molecular weight is 753 g/mol. The Balaban J connectivity index is 0.00000468. The molecular formula is C37H47N4Na2O8P. The summed E-state index contributed by atoms with van der Waals surface area (Å²) in [6, 6.07) is 21.1. The second-order valence-electron chi connectivity index (χ2n) is 13.1. The Bertz CT molecular complexity index is 1610. The third kappa shape index (κ3) is 14.5. The standard InChI is InChI=1S/C37H49N4O8P.2Na/c1-25(2)34(41-20-12-19-38-37(41)44)36(43)39-30(21-28-15-7-5-8-16-28)23-32(49-50(45,46)47)31(22-29-17-9-6-10-18-29)40-33(42)24-48-35-26(3)13-11-14-27(35)4;;/h5-11,13-18,25,30-32,34H,12,19-24H2,1-4H3,(H,38,44)(H,39,43)(H,40,42)(H2,45,46,47);;/q;2*+1/p-2/t30-,31-,32-,34-;;/m0../s1. The maximum atomic E-state index is 14.0. The van der Waals surface area contributed by atoms with Gasteiger partial charge in [-0.05, 0) is 67.7 Å². The molecule has 1 aliphatic rings. The third-order valence-electron chi connectivity index (χ3n) is 8.65. The SMILES string of the molecule is Cc1cccc(C)c1OCC(=O)N[C@@H](Cc1ccccc1)[C@H](C[C@H](Cc1ccccc1)NC(=O)[C@H](C(C)C)N1CCCNC1=O)OP(=O)([O-])[O-].[Na+].[Na+]. The number of aryl methyl sites for hydroxylation is 2. The summed E-state index contributed by atoms with van der Waals surface area (Å²) in [6.45, 7) is 7.99. The second kappa shape index (κ2) is 22.2. The van der Waals surface area contributed by atoms with Crippen LogP contribution in [0, 0.1) is 19.8 Å². The van der Waals surface area contributed by atoms with Gasteiger partial charge in [-0.3, -0.25) is 9.59 Å². The number of hydrogen-bond acceptors (Lipinski definition) is 8. The zero-order chi connectivity index (χ0) is 36.3. The van der Waals surface area contributed by atoms with E-state index in [-0.39, 0.29) is 96.9 Å². The summed E-state index contributed by atoms with van der Waals surface area (Å²) in [4.78, 5) is 66.1. The van der Waals surface area contributed by atoms with Crippen LogP contribution in [0.5, 0.6) is 5.75 Å². The van der Waals surface area contributed by atoms with Gasteiger partial charge in [-0.1, -0.05) is 92.7 Å². The Kier molecular flexibility index (Phi) is 19.6. The molecule has 0 aromatic heterocycles. The van der Waals surface area contributed by atoms with E-state index < -0.39 is 43.9 Å². The van der Waals surface area contributed by atoms with Gasteiger partial charge in [0, 0.05) is 19.1 Å². The number of phosphoric acid groups is 1. The predicted molar refractivity (Wildman–Crippen MR) is 186 cm³/mol. The van der Waals surface area contributed by atoms with E-state index in [1.54, 1.807) is 0 Å². The molecule has 270 valence electrons. The quantitative estimate of drug-likeness (QED) is 0.0981. The van der Waals surface area contributed by atoms with E-state index in [1.165, 1.54) is 4.90 Å². The summed E-state index contributed by atoms with van der Waals surface area (Å²) in [5.74, 6) is -0.650. The smallest absolute Gasteiger partial charge is 0.790 e. The largest absolute Gasteiger partial charge is 1.00 e. The van der Waals surface area contributed by atoms with Crippen LogP contribution in [0.25, 0.3) is 0 Å². The number of para-hydroxylation sites is 1. The third-order valence-corrected chi connectivity index (χ3v) is 9.18. The Morgan fingerprint density at radius 3 is 2.00 bits per heavy atom. The van der Waals surface area contributed by atoms with Gasteiger partial charge in [-0.25, -0.2) is 4.79 Å². The molecule has 15 heteroatoms. The van der Waals surface area contributed by atoms with Crippen molar-refractivity contribution < 1.29 is 97.1 Å². The molecule has 3 aromatic carbocycles. The van der Waals surface area contributed by atoms with Crippen molar-refractivity contribution in [2.75, 3.05) is 19.7 Å². The van der Waals surface area contributed by atoms with Crippen molar-refractivity contribution in [3.8, 4) is 5.75 Å². The zero-order valence-electron chi connectivity index (χ0n) is 31.0. The molecule has 1 heterocycles. The van der Waals surface area contributed by atoms with E-state index >= 15 is 0 Å². The van der Waals surface area contributed by atoms with Crippen LogP contribution < -0.4 is 89.6 Å². The molecule has 0 unspecified atom stereocenters. The number of carbonyl (C=O) groups is 3. The number of benzene rings is 3. The number of phosphoric ester groups is 1. The van der Waals surface area contributed by atoms with Crippen molar-refractivity contribution in [1.29, 1.82) is 0 Å². The first-order valence-electron chi connectivity index (χ1n) is 16.9. The Hall–Kier alpha value is -2.22. The summed E-state index contributed by atoms with van der Waals surface area (Å²) < 4.78 is 23.3. The molecule has 0 bridgehead atoms. The molecule has 0 aliphatic carbocycles. The van der Waals surface area contributed by atoms with Gasteiger partial charge in [0.25, 0.3) is 5.91 Å². The minimum Gasteiger partial charge on any atom is -0.790 e. The summed E-state index contributed by atoms with van der Waals surface area (Å²) in [5.41, 5.74) is 3.29. The van der Waals surface area contributed by atoms with Crippen LogP contribution in [0.1, 0.15) is 48.9 Å². The summed E-state index contributed by atoms with van der Waals surface area (Å²) in [5, 5.41) is 8.69. The molecule has 4 rings (SSSR count). The number of nitrogens with zero attached hydrogens (tertiary/aromatic N) is 1. The van der Waals surface area contributed by atoms with Gasteiger partial charge in [0.15, 0.2) is 6.61 Å². The van der Waals surface area contributed by atoms with E-state index in [0.29, 0.717) is 25.3 Å². The Labute approximate surface area is 351 Å². The van der Waals surface area contributed by atoms with E-state index in [9.17, 15) is 28.7 Å². The molecule has 4 amide bonds. The Morgan fingerprint density at radius 1 is 0.885 bits per heavy atom. The van der Waals surface area contributed by atoms with E-state index in [1.807, 2.05) is 107 Å². The van der Waals surface area contributed by atoms with Crippen LogP contribution >= 0.6 is 7.82 Å². The van der Waals surface area contributed by atoms with Crippen molar-refractivity contribution in [1.82, 2.24) is 20.9 Å². The summed E-state index contributed by atoms with van der Waals surface area (Å²) >= 11 is 0. The summed E-state index contributed by atoms with van der Waals surface area (Å²) in [7, 11) is -5.59. The molecule has 1 fully saturated rings. The van der Waals surface area contributed by atoms with Gasteiger partial charge >= 0.3 is 65.1 Å². The van der Waals surface area contributed by atoms with Gasteiger partial charge < -0.3 is 44.5 Å². The minimum atomic E-state index is -5.59. The molecular weight excluding hydrogens is 705 g/mol. The van der Waals surface area contributed by atoms with Crippen LogP contribution in [0.4, 0.5) is 4.79 Å². The number of hydrogen-bond donors (Lipinski definition) is 3. The van der Waals surface area contributed by atoms with Gasteiger partial charge in [-0.2, -0.15) is 0 Å². The first-order chi connectivity index (χ1) is 23.8. The average Bonchev–Trinajstić information content (AvgIpc) is 3.05. The second-order valence-corrected chi connectivity index (χ2v) is 14.2. The molecule has 1 saturated heterocycles. The molecule has 3 N–H and O–H groups in total. The molecule has 0 spiro atoms.